The van der Waals surface area contributed by atoms with E-state index in [4.69, 9.17) is 4.42 Å². The third-order valence-electron chi connectivity index (χ3n) is 1.88. The normalized spacial score (nSPS) is 10.0. The maximum Gasteiger partial charge on any atom is 0.293 e. The van der Waals surface area contributed by atoms with Gasteiger partial charge in [0, 0.05) is 12.4 Å². The average molecular weight is 219 g/mol. The minimum Gasteiger partial charge on any atom is -0.467 e. The van der Waals surface area contributed by atoms with Gasteiger partial charge in [0.15, 0.2) is 0 Å². The van der Waals surface area contributed by atoms with E-state index >= 15 is 0 Å². The molecule has 0 aliphatic rings. The summed E-state index contributed by atoms with van der Waals surface area (Å²) in [5.41, 5.74) is 0.762. The van der Waals surface area contributed by atoms with Crippen molar-refractivity contribution in [3.8, 4) is 11.5 Å². The number of hydrogen-bond donors (Lipinski definition) is 0. The minimum absolute atomic E-state index is 0.234. The molecule has 0 spiro atoms. The molecular formula is C10H9N3O3. The van der Waals surface area contributed by atoms with Gasteiger partial charge in [0.05, 0.1) is 18.6 Å². The fraction of sp³-hybridized carbons (Fsp3) is 0.200. The Morgan fingerprint density at radius 3 is 3.12 bits per heavy atom. The molecule has 0 unspecified atom stereocenters. The standard InChI is InChI=1S/C10H9N3O3/c14-7-15-5-3-9-12-13-10(16-9)8-2-1-4-11-6-8/h1-2,4,6-7H,3,5H2. The summed E-state index contributed by atoms with van der Waals surface area (Å²) in [5, 5.41) is 7.69. The van der Waals surface area contributed by atoms with Crippen LogP contribution in [0.4, 0.5) is 0 Å². The summed E-state index contributed by atoms with van der Waals surface area (Å²) in [6.07, 6.45) is 3.71. The molecule has 0 amide bonds. The molecule has 0 bridgehead atoms. The molecule has 0 aromatic carbocycles. The van der Waals surface area contributed by atoms with Crippen molar-refractivity contribution < 1.29 is 13.9 Å². The number of ether oxygens (including phenoxy) is 1. The zero-order valence-electron chi connectivity index (χ0n) is 8.37. The Morgan fingerprint density at radius 2 is 2.38 bits per heavy atom. The van der Waals surface area contributed by atoms with Gasteiger partial charge >= 0.3 is 0 Å². The van der Waals surface area contributed by atoms with Gasteiger partial charge in [0.25, 0.3) is 6.47 Å². The first-order valence-electron chi connectivity index (χ1n) is 4.68. The predicted octanol–water partition coefficient (Wildman–Crippen LogP) is 0.847. The second-order valence-corrected chi connectivity index (χ2v) is 2.96. The Kier molecular flexibility index (Phi) is 3.22. The van der Waals surface area contributed by atoms with Crippen molar-refractivity contribution in [3.05, 3.63) is 30.4 Å². The summed E-state index contributed by atoms with van der Waals surface area (Å²) in [5.74, 6) is 0.843. The Bertz CT molecular complexity index is 455. The van der Waals surface area contributed by atoms with Gasteiger partial charge in [0.2, 0.25) is 11.8 Å². The van der Waals surface area contributed by atoms with E-state index in [0.29, 0.717) is 24.7 Å². The number of rotatable bonds is 5. The zero-order valence-corrected chi connectivity index (χ0v) is 8.37. The SMILES string of the molecule is O=COCCc1nnc(-c2cccnc2)o1. The van der Waals surface area contributed by atoms with Crippen LogP contribution >= 0.6 is 0 Å². The molecule has 2 aromatic heterocycles. The maximum absolute atomic E-state index is 9.92. The highest BCUT2D eigenvalue weighted by atomic mass is 16.5. The largest absolute Gasteiger partial charge is 0.467 e. The van der Waals surface area contributed by atoms with E-state index in [-0.39, 0.29) is 6.61 Å². The van der Waals surface area contributed by atoms with Crippen LogP contribution in [0, 0.1) is 0 Å². The monoisotopic (exact) mass is 219 g/mol. The smallest absolute Gasteiger partial charge is 0.293 e. The Balaban J connectivity index is 2.05. The van der Waals surface area contributed by atoms with Gasteiger partial charge < -0.3 is 9.15 Å². The van der Waals surface area contributed by atoms with E-state index in [1.54, 1.807) is 18.5 Å². The van der Waals surface area contributed by atoms with Gasteiger partial charge in [0.1, 0.15) is 0 Å². The van der Waals surface area contributed by atoms with E-state index in [0.717, 1.165) is 5.56 Å². The van der Waals surface area contributed by atoms with E-state index in [2.05, 4.69) is 19.9 Å². The van der Waals surface area contributed by atoms with Crippen LogP contribution in [-0.2, 0) is 16.0 Å². The summed E-state index contributed by atoms with van der Waals surface area (Å²) in [7, 11) is 0. The molecule has 6 heteroatoms. The number of hydrogen-bond acceptors (Lipinski definition) is 6. The second kappa shape index (κ2) is 5.01. The number of nitrogens with zero attached hydrogens (tertiary/aromatic N) is 3. The molecule has 0 saturated heterocycles. The molecule has 0 saturated carbocycles. The summed E-state index contributed by atoms with van der Waals surface area (Å²) in [4.78, 5) is 13.9. The first-order chi connectivity index (χ1) is 7.90. The summed E-state index contributed by atoms with van der Waals surface area (Å²) in [6, 6.07) is 3.61. The quantitative estimate of drug-likeness (QED) is 0.548. The number of carbonyl (C=O) groups excluding carboxylic acids is 1. The zero-order chi connectivity index (χ0) is 11.2. The van der Waals surface area contributed by atoms with E-state index in [9.17, 15) is 4.79 Å². The lowest BCUT2D eigenvalue weighted by molar-refractivity contribution is -0.128. The van der Waals surface area contributed by atoms with Gasteiger partial charge in [-0.15, -0.1) is 10.2 Å². The Labute approximate surface area is 91.3 Å². The topological polar surface area (TPSA) is 78.1 Å². The lowest BCUT2D eigenvalue weighted by atomic mass is 10.3. The number of carbonyl (C=O) groups is 1. The molecule has 82 valence electrons. The van der Waals surface area contributed by atoms with Crippen LogP contribution in [0.25, 0.3) is 11.5 Å². The van der Waals surface area contributed by atoms with Crippen molar-refractivity contribution >= 4 is 6.47 Å². The van der Waals surface area contributed by atoms with Gasteiger partial charge in [-0.05, 0) is 12.1 Å². The van der Waals surface area contributed by atoms with E-state index < -0.39 is 0 Å². The van der Waals surface area contributed by atoms with Crippen molar-refractivity contribution in [2.75, 3.05) is 6.61 Å². The summed E-state index contributed by atoms with van der Waals surface area (Å²) in [6.45, 7) is 0.622. The Hall–Kier alpha value is -2.24. The highest BCUT2D eigenvalue weighted by molar-refractivity contribution is 5.49. The lowest BCUT2D eigenvalue weighted by Gasteiger charge is -1.93. The maximum atomic E-state index is 9.92. The highest BCUT2D eigenvalue weighted by Gasteiger charge is 2.07. The summed E-state index contributed by atoms with van der Waals surface area (Å²) >= 11 is 0. The molecule has 2 aromatic rings. The molecule has 0 atom stereocenters. The van der Waals surface area contributed by atoms with Gasteiger partial charge in [-0.2, -0.15) is 0 Å². The first kappa shape index (κ1) is 10.3. The highest BCUT2D eigenvalue weighted by Crippen LogP contribution is 2.15. The van der Waals surface area contributed by atoms with Crippen LogP contribution in [0.2, 0.25) is 0 Å². The second-order valence-electron chi connectivity index (χ2n) is 2.96. The fourth-order valence-corrected chi connectivity index (χ4v) is 1.15. The van der Waals surface area contributed by atoms with Crippen LogP contribution in [0.15, 0.2) is 28.9 Å². The third-order valence-corrected chi connectivity index (χ3v) is 1.88. The van der Waals surface area contributed by atoms with Crippen LogP contribution in [0.3, 0.4) is 0 Å². The van der Waals surface area contributed by atoms with Crippen molar-refractivity contribution in [1.29, 1.82) is 0 Å². The minimum atomic E-state index is 0.234. The molecule has 16 heavy (non-hydrogen) atoms. The van der Waals surface area contributed by atoms with Crippen LogP contribution in [0.1, 0.15) is 5.89 Å². The van der Waals surface area contributed by atoms with Crippen LogP contribution < -0.4 is 0 Å². The van der Waals surface area contributed by atoms with Crippen molar-refractivity contribution in [3.63, 3.8) is 0 Å². The third kappa shape index (κ3) is 2.41. The van der Waals surface area contributed by atoms with Gasteiger partial charge in [-0.1, -0.05) is 0 Å². The molecule has 2 heterocycles. The van der Waals surface area contributed by atoms with Crippen molar-refractivity contribution in [1.82, 2.24) is 15.2 Å². The molecule has 0 aliphatic carbocycles. The molecule has 0 aliphatic heterocycles. The lowest BCUT2D eigenvalue weighted by Crippen LogP contribution is -1.96. The van der Waals surface area contributed by atoms with Gasteiger partial charge in [-0.3, -0.25) is 9.78 Å². The number of pyridine rings is 1. The molecule has 0 N–H and O–H groups in total. The Morgan fingerprint density at radius 1 is 1.44 bits per heavy atom. The van der Waals surface area contributed by atoms with Crippen molar-refractivity contribution in [2.24, 2.45) is 0 Å². The molecular weight excluding hydrogens is 210 g/mol. The molecule has 0 radical (unpaired) electrons. The van der Waals surface area contributed by atoms with E-state index in [1.807, 2.05) is 6.07 Å². The van der Waals surface area contributed by atoms with Crippen molar-refractivity contribution in [2.45, 2.75) is 6.42 Å². The molecule has 6 nitrogen and oxygen atoms in total. The average Bonchev–Trinajstić information content (AvgIpc) is 2.79. The molecule has 0 fully saturated rings. The number of aromatic nitrogens is 3. The molecule has 2 rings (SSSR count). The van der Waals surface area contributed by atoms with Gasteiger partial charge in [-0.25, -0.2) is 0 Å². The fourth-order valence-electron chi connectivity index (χ4n) is 1.15. The van der Waals surface area contributed by atoms with E-state index in [1.165, 1.54) is 0 Å². The summed E-state index contributed by atoms with van der Waals surface area (Å²) < 4.78 is 9.89. The predicted molar refractivity (Wildman–Crippen MR) is 53.2 cm³/mol. The van der Waals surface area contributed by atoms with Crippen LogP contribution in [0.5, 0.6) is 0 Å². The first-order valence-corrected chi connectivity index (χ1v) is 4.68. The van der Waals surface area contributed by atoms with Crippen LogP contribution in [-0.4, -0.2) is 28.3 Å².